The lowest BCUT2D eigenvalue weighted by Crippen LogP contribution is -2.48. The molecular weight excluding hydrogens is 520 g/mol. The monoisotopic (exact) mass is 541 g/mol. The molecule has 1 N–H and O–H groups in total. The zero-order valence-corrected chi connectivity index (χ0v) is 19.8. The molecule has 2 aliphatic heterocycles. The van der Waals surface area contributed by atoms with Crippen LogP contribution in [0.5, 0.6) is 5.88 Å². The Balaban J connectivity index is 1.39. The Morgan fingerprint density at radius 3 is 2.68 bits per heavy atom. The molecule has 0 saturated carbocycles. The standard InChI is InChI=1S/C23H21F6N7O2/c1-37-21-20-18(11-2-13(24)19-15(3-11)35(10-30-19)6-17(26)27)14(25)4-36(20)33-22(32-21)31-16-5-34(9-23(16,28)29)12-7-38-8-12/h2-4,10,12,16-17H,5-9H2,1H3,(H,31,33). The van der Waals surface area contributed by atoms with E-state index in [0.29, 0.717) is 13.2 Å². The number of fused-ring (bicyclic) bond motifs is 2. The van der Waals surface area contributed by atoms with E-state index in [4.69, 9.17) is 9.47 Å². The van der Waals surface area contributed by atoms with Crippen molar-refractivity contribution in [3.63, 3.8) is 0 Å². The van der Waals surface area contributed by atoms with Crippen molar-refractivity contribution < 1.29 is 35.8 Å². The van der Waals surface area contributed by atoms with Crippen molar-refractivity contribution >= 4 is 22.5 Å². The molecule has 4 aromatic rings. The number of hydrogen-bond acceptors (Lipinski definition) is 7. The molecule has 2 aliphatic rings. The SMILES string of the molecule is COc1nc(NC2CN(C3COC3)CC2(F)F)nn2cc(F)c(-c3cc(F)c4ncn(CC(F)F)c4c3)c12. The second kappa shape index (κ2) is 9.01. The minimum atomic E-state index is -3.08. The Morgan fingerprint density at radius 2 is 2.00 bits per heavy atom. The number of aromatic nitrogens is 5. The highest BCUT2D eigenvalue weighted by molar-refractivity contribution is 5.90. The van der Waals surface area contributed by atoms with Crippen LogP contribution >= 0.6 is 0 Å². The molecule has 1 aromatic carbocycles. The van der Waals surface area contributed by atoms with Crippen LogP contribution < -0.4 is 10.1 Å². The molecule has 6 rings (SSSR count). The number of nitrogens with one attached hydrogen (secondary N) is 1. The fraction of sp³-hybridized carbons (Fsp3) is 0.435. The largest absolute Gasteiger partial charge is 0.479 e. The number of anilines is 1. The van der Waals surface area contributed by atoms with Gasteiger partial charge >= 0.3 is 0 Å². The predicted octanol–water partition coefficient (Wildman–Crippen LogP) is 3.43. The molecule has 0 radical (unpaired) electrons. The summed E-state index contributed by atoms with van der Waals surface area (Å²) in [5, 5.41) is 6.78. The Labute approximate surface area is 211 Å². The number of imidazole rings is 1. The van der Waals surface area contributed by atoms with Gasteiger partial charge in [0.2, 0.25) is 11.8 Å². The number of halogens is 6. The number of likely N-dealkylation sites (tertiary alicyclic amines) is 1. The van der Waals surface area contributed by atoms with E-state index in [1.807, 2.05) is 0 Å². The van der Waals surface area contributed by atoms with Crippen molar-refractivity contribution in [1.82, 2.24) is 29.0 Å². The molecule has 38 heavy (non-hydrogen) atoms. The molecule has 0 aliphatic carbocycles. The number of methoxy groups -OCH3 is 1. The molecule has 0 bridgehead atoms. The van der Waals surface area contributed by atoms with Crippen LogP contribution in [0.1, 0.15) is 0 Å². The Kier molecular flexibility index (Phi) is 5.86. The zero-order chi connectivity index (χ0) is 26.8. The first kappa shape index (κ1) is 24.7. The third kappa shape index (κ3) is 4.09. The number of benzene rings is 1. The third-order valence-electron chi connectivity index (χ3n) is 6.83. The quantitative estimate of drug-likeness (QED) is 0.359. The summed E-state index contributed by atoms with van der Waals surface area (Å²) in [5.74, 6) is -5.14. The van der Waals surface area contributed by atoms with Crippen LogP contribution in [0.4, 0.5) is 32.3 Å². The highest BCUT2D eigenvalue weighted by Gasteiger charge is 2.51. The van der Waals surface area contributed by atoms with E-state index in [-0.39, 0.29) is 52.1 Å². The van der Waals surface area contributed by atoms with Gasteiger partial charge in [0.1, 0.15) is 17.1 Å². The normalized spacial score (nSPS) is 20.1. The summed E-state index contributed by atoms with van der Waals surface area (Å²) in [6.07, 6.45) is -0.659. The van der Waals surface area contributed by atoms with Gasteiger partial charge in [-0.05, 0) is 17.7 Å². The molecule has 15 heteroatoms. The highest BCUT2D eigenvalue weighted by Crippen LogP contribution is 2.37. The summed E-state index contributed by atoms with van der Waals surface area (Å²) in [6, 6.07) is 0.956. The second-order valence-electron chi connectivity index (χ2n) is 9.28. The molecule has 2 fully saturated rings. The number of hydrogen-bond donors (Lipinski definition) is 1. The van der Waals surface area contributed by atoms with Crippen molar-refractivity contribution in [1.29, 1.82) is 0 Å². The summed E-state index contributed by atoms with van der Waals surface area (Å²) in [5.41, 5.74) is -0.244. The van der Waals surface area contributed by atoms with Gasteiger partial charge in [-0.25, -0.2) is 35.8 Å². The first-order valence-electron chi connectivity index (χ1n) is 11.7. The van der Waals surface area contributed by atoms with Gasteiger partial charge in [-0.3, -0.25) is 4.90 Å². The van der Waals surface area contributed by atoms with Crippen LogP contribution in [-0.2, 0) is 11.3 Å². The lowest BCUT2D eigenvalue weighted by atomic mass is 10.1. The van der Waals surface area contributed by atoms with Crippen molar-refractivity contribution in [2.24, 2.45) is 0 Å². The van der Waals surface area contributed by atoms with Gasteiger partial charge in [-0.1, -0.05) is 0 Å². The Hall–Kier alpha value is -3.59. The van der Waals surface area contributed by atoms with Crippen LogP contribution in [0.3, 0.4) is 0 Å². The summed E-state index contributed by atoms with van der Waals surface area (Å²) >= 11 is 0. The summed E-state index contributed by atoms with van der Waals surface area (Å²) in [7, 11) is 1.25. The molecule has 1 unspecified atom stereocenters. The molecule has 0 amide bonds. The molecule has 1 atom stereocenters. The zero-order valence-electron chi connectivity index (χ0n) is 19.8. The van der Waals surface area contributed by atoms with E-state index in [2.05, 4.69) is 20.4 Å². The molecule has 0 spiro atoms. The second-order valence-corrected chi connectivity index (χ2v) is 9.28. The summed E-state index contributed by atoms with van der Waals surface area (Å²) < 4.78 is 98.0. The topological polar surface area (TPSA) is 81.7 Å². The number of nitrogens with zero attached hydrogens (tertiary/aromatic N) is 6. The van der Waals surface area contributed by atoms with E-state index in [9.17, 15) is 22.0 Å². The molecular formula is C23H21F6N7O2. The predicted molar refractivity (Wildman–Crippen MR) is 123 cm³/mol. The molecule has 2 saturated heterocycles. The maximum atomic E-state index is 15.3. The number of alkyl halides is 4. The van der Waals surface area contributed by atoms with Gasteiger partial charge in [-0.15, -0.1) is 5.10 Å². The number of ether oxygens (including phenoxy) is 2. The van der Waals surface area contributed by atoms with E-state index in [1.165, 1.54) is 13.2 Å². The average Bonchev–Trinajstić information content (AvgIpc) is 3.44. The number of rotatable bonds is 7. The Morgan fingerprint density at radius 1 is 1.21 bits per heavy atom. The van der Waals surface area contributed by atoms with Gasteiger partial charge in [-0.2, -0.15) is 4.98 Å². The fourth-order valence-electron chi connectivity index (χ4n) is 4.89. The maximum absolute atomic E-state index is 15.3. The van der Waals surface area contributed by atoms with Crippen molar-refractivity contribution in [3.05, 3.63) is 36.3 Å². The van der Waals surface area contributed by atoms with Crippen LogP contribution in [0, 0.1) is 11.6 Å². The molecule has 202 valence electrons. The molecule has 5 heterocycles. The van der Waals surface area contributed by atoms with E-state index < -0.39 is 43.1 Å². The fourth-order valence-corrected chi connectivity index (χ4v) is 4.89. The van der Waals surface area contributed by atoms with E-state index in [0.717, 1.165) is 27.7 Å². The van der Waals surface area contributed by atoms with Crippen LogP contribution in [-0.4, -0.2) is 86.9 Å². The smallest absolute Gasteiger partial charge is 0.281 e. The van der Waals surface area contributed by atoms with Gasteiger partial charge < -0.3 is 19.4 Å². The lowest BCUT2D eigenvalue weighted by molar-refractivity contribution is -0.0711. The maximum Gasteiger partial charge on any atom is 0.281 e. The lowest BCUT2D eigenvalue weighted by Gasteiger charge is -2.34. The van der Waals surface area contributed by atoms with Gasteiger partial charge in [0.15, 0.2) is 11.6 Å². The van der Waals surface area contributed by atoms with E-state index >= 15 is 4.39 Å². The minimum Gasteiger partial charge on any atom is -0.479 e. The van der Waals surface area contributed by atoms with Gasteiger partial charge in [0.25, 0.3) is 12.3 Å². The highest BCUT2D eigenvalue weighted by atomic mass is 19.3. The molecule has 3 aromatic heterocycles. The first-order chi connectivity index (χ1) is 18.1. The van der Waals surface area contributed by atoms with Crippen molar-refractivity contribution in [2.45, 2.75) is 31.0 Å². The van der Waals surface area contributed by atoms with Crippen molar-refractivity contribution in [3.8, 4) is 17.0 Å². The van der Waals surface area contributed by atoms with E-state index in [1.54, 1.807) is 4.90 Å². The Bertz CT molecular complexity index is 1520. The average molecular weight is 541 g/mol. The summed E-state index contributed by atoms with van der Waals surface area (Å²) in [4.78, 5) is 9.63. The van der Waals surface area contributed by atoms with Gasteiger partial charge in [0.05, 0.1) is 63.1 Å². The van der Waals surface area contributed by atoms with Crippen LogP contribution in [0.2, 0.25) is 0 Å². The van der Waals surface area contributed by atoms with Crippen molar-refractivity contribution in [2.75, 3.05) is 38.7 Å². The third-order valence-corrected chi connectivity index (χ3v) is 6.83. The molecule has 9 nitrogen and oxygen atoms in total. The minimum absolute atomic E-state index is 0.000602. The summed E-state index contributed by atoms with van der Waals surface area (Å²) in [6.45, 7) is -0.366. The van der Waals surface area contributed by atoms with Crippen LogP contribution in [0.15, 0.2) is 24.7 Å². The van der Waals surface area contributed by atoms with Gasteiger partial charge in [0, 0.05) is 6.54 Å². The first-order valence-corrected chi connectivity index (χ1v) is 11.7. The van der Waals surface area contributed by atoms with Crippen LogP contribution in [0.25, 0.3) is 27.7 Å².